The summed E-state index contributed by atoms with van der Waals surface area (Å²) in [5.41, 5.74) is 3.90. The molecule has 3 heterocycles. The van der Waals surface area contributed by atoms with Crippen molar-refractivity contribution in [3.8, 4) is 5.00 Å². The quantitative estimate of drug-likeness (QED) is 0.394. The highest BCUT2D eigenvalue weighted by molar-refractivity contribution is 7.15. The predicted molar refractivity (Wildman–Crippen MR) is 124 cm³/mol. The molecule has 0 N–H and O–H groups in total. The molecule has 3 aromatic rings. The molecule has 0 saturated heterocycles. The number of hydrogen-bond donors (Lipinski definition) is 0. The molecule has 1 aliphatic rings. The summed E-state index contributed by atoms with van der Waals surface area (Å²) in [6.45, 7) is 9.93. The summed E-state index contributed by atoms with van der Waals surface area (Å²) in [7, 11) is 1.39. The molecule has 2 aromatic heterocycles. The maximum Gasteiger partial charge on any atom is 0.311 e. The number of carbonyl (C=O) groups is 1. The highest BCUT2D eigenvalue weighted by Gasteiger charge is 2.38. The minimum atomic E-state index is -0.573. The van der Waals surface area contributed by atoms with Crippen molar-refractivity contribution in [2.24, 2.45) is 10.9 Å². The zero-order valence-electron chi connectivity index (χ0n) is 17.8. The number of aliphatic imine (C=N–C) groups is 1. The fourth-order valence-corrected chi connectivity index (χ4v) is 5.25. The van der Waals surface area contributed by atoms with E-state index in [9.17, 15) is 4.79 Å². The van der Waals surface area contributed by atoms with Gasteiger partial charge in [0.1, 0.15) is 16.9 Å². The van der Waals surface area contributed by atoms with E-state index in [1.165, 1.54) is 12.0 Å². The lowest BCUT2D eigenvalue weighted by Crippen LogP contribution is -2.24. The van der Waals surface area contributed by atoms with Crippen molar-refractivity contribution in [2.75, 3.05) is 7.11 Å². The van der Waals surface area contributed by atoms with E-state index in [0.29, 0.717) is 17.3 Å². The fourth-order valence-electron chi connectivity index (χ4n) is 3.91. The lowest BCUT2D eigenvalue weighted by molar-refractivity contribution is -0.146. The average Bonchev–Trinajstić information content (AvgIpc) is 3.22. The number of fused-ring (bicyclic) bond motifs is 3. The third-order valence-electron chi connectivity index (χ3n) is 5.61. The molecule has 0 bridgehead atoms. The first-order valence-electron chi connectivity index (χ1n) is 9.92. The Kier molecular flexibility index (Phi) is 5.81. The van der Waals surface area contributed by atoms with Gasteiger partial charge in [0.05, 0.1) is 18.7 Å². The molecule has 1 aromatic carbocycles. The normalized spacial score (nSPS) is 16.0. The number of esters is 1. The van der Waals surface area contributed by atoms with Gasteiger partial charge in [-0.2, -0.15) is 0 Å². The molecule has 6 nitrogen and oxygen atoms in total. The standard InChI is InChI=1S/C23H23ClN4O2S/c1-6-7-17(23(29)30-5)20-21-27-26-14(4)28(21)22-18(12(2)13(3)31-22)19(25-20)15-8-10-16(24)11-9-15/h6,8-11,17,20H,1,7H2,2-5H3/t17-,20-/m0/s1. The van der Waals surface area contributed by atoms with Crippen molar-refractivity contribution < 1.29 is 9.53 Å². The Morgan fingerprint density at radius 2 is 2.00 bits per heavy atom. The number of nitrogens with zero attached hydrogens (tertiary/aromatic N) is 4. The van der Waals surface area contributed by atoms with E-state index in [1.54, 1.807) is 17.4 Å². The van der Waals surface area contributed by atoms with Crippen molar-refractivity contribution >= 4 is 34.6 Å². The van der Waals surface area contributed by atoms with Crippen molar-refractivity contribution in [1.29, 1.82) is 0 Å². The molecule has 0 aliphatic carbocycles. The fraction of sp³-hybridized carbons (Fsp3) is 0.304. The van der Waals surface area contributed by atoms with Crippen LogP contribution in [-0.4, -0.2) is 33.6 Å². The number of allylic oxidation sites excluding steroid dienone is 1. The molecule has 0 saturated carbocycles. The molecule has 0 fully saturated rings. The van der Waals surface area contributed by atoms with Crippen molar-refractivity contribution in [3.05, 3.63) is 75.2 Å². The van der Waals surface area contributed by atoms with E-state index in [4.69, 9.17) is 21.3 Å². The first kappa shape index (κ1) is 21.5. The number of ether oxygens (including phenoxy) is 1. The van der Waals surface area contributed by atoms with Crippen LogP contribution in [0.5, 0.6) is 0 Å². The van der Waals surface area contributed by atoms with Crippen LogP contribution in [0.1, 0.15) is 45.7 Å². The van der Waals surface area contributed by atoms with Gasteiger partial charge in [0.2, 0.25) is 0 Å². The Labute approximate surface area is 190 Å². The second-order valence-electron chi connectivity index (χ2n) is 7.49. The van der Waals surface area contributed by atoms with Crippen LogP contribution < -0.4 is 0 Å². The Balaban J connectivity index is 2.05. The van der Waals surface area contributed by atoms with Gasteiger partial charge in [0.15, 0.2) is 5.82 Å². The summed E-state index contributed by atoms with van der Waals surface area (Å²) in [5.74, 6) is 0.454. The van der Waals surface area contributed by atoms with Crippen LogP contribution in [0.15, 0.2) is 41.9 Å². The van der Waals surface area contributed by atoms with Gasteiger partial charge < -0.3 is 4.74 Å². The Morgan fingerprint density at radius 1 is 1.29 bits per heavy atom. The van der Waals surface area contributed by atoms with Gasteiger partial charge in [-0.05, 0) is 44.9 Å². The van der Waals surface area contributed by atoms with Gasteiger partial charge in [-0.3, -0.25) is 14.4 Å². The molecule has 8 heteroatoms. The molecule has 0 amide bonds. The molecule has 160 valence electrons. The van der Waals surface area contributed by atoms with Crippen LogP contribution in [0.2, 0.25) is 5.02 Å². The zero-order valence-corrected chi connectivity index (χ0v) is 19.4. The van der Waals surface area contributed by atoms with E-state index in [1.807, 2.05) is 35.8 Å². The highest BCUT2D eigenvalue weighted by Crippen LogP contribution is 2.41. The molecule has 0 unspecified atom stereocenters. The number of thiophene rings is 1. The van der Waals surface area contributed by atoms with Gasteiger partial charge in [-0.1, -0.05) is 29.8 Å². The molecule has 2 atom stereocenters. The van der Waals surface area contributed by atoms with Gasteiger partial charge >= 0.3 is 5.97 Å². The second kappa shape index (κ2) is 8.40. The number of aryl methyl sites for hydroxylation is 2. The van der Waals surface area contributed by atoms with Crippen LogP contribution in [0.3, 0.4) is 0 Å². The maximum absolute atomic E-state index is 12.7. The smallest absolute Gasteiger partial charge is 0.311 e. The van der Waals surface area contributed by atoms with Crippen molar-refractivity contribution in [3.63, 3.8) is 0 Å². The van der Waals surface area contributed by atoms with Crippen molar-refractivity contribution in [2.45, 2.75) is 33.2 Å². The van der Waals surface area contributed by atoms with Gasteiger partial charge in [0, 0.05) is 21.0 Å². The third-order valence-corrected chi connectivity index (χ3v) is 7.06. The monoisotopic (exact) mass is 454 g/mol. The molecule has 0 spiro atoms. The molecular weight excluding hydrogens is 432 g/mol. The first-order chi connectivity index (χ1) is 14.9. The molecule has 31 heavy (non-hydrogen) atoms. The number of methoxy groups -OCH3 is 1. The van der Waals surface area contributed by atoms with Crippen LogP contribution in [0.4, 0.5) is 0 Å². The van der Waals surface area contributed by atoms with Crippen molar-refractivity contribution in [1.82, 2.24) is 14.8 Å². The lowest BCUT2D eigenvalue weighted by Gasteiger charge is -2.20. The number of halogens is 1. The Morgan fingerprint density at radius 3 is 2.65 bits per heavy atom. The SMILES string of the molecule is C=CC[C@H](C(=O)OC)[C@@H]1N=C(c2ccc(Cl)cc2)c2c(sc(C)c2C)-n2c(C)nnc21. The summed E-state index contributed by atoms with van der Waals surface area (Å²) in [4.78, 5) is 19.1. The van der Waals surface area contributed by atoms with Gasteiger partial charge in [-0.25, -0.2) is 0 Å². The predicted octanol–water partition coefficient (Wildman–Crippen LogP) is 5.16. The molecule has 4 rings (SSSR count). The van der Waals surface area contributed by atoms with Crippen LogP contribution in [0, 0.1) is 26.7 Å². The number of aromatic nitrogens is 3. The highest BCUT2D eigenvalue weighted by atomic mass is 35.5. The summed E-state index contributed by atoms with van der Waals surface area (Å²) < 4.78 is 7.13. The maximum atomic E-state index is 12.7. The topological polar surface area (TPSA) is 69.4 Å². The molecule has 0 radical (unpaired) electrons. The minimum absolute atomic E-state index is 0.352. The van der Waals surface area contributed by atoms with E-state index in [0.717, 1.165) is 33.2 Å². The number of carbonyl (C=O) groups excluding carboxylic acids is 1. The van der Waals surface area contributed by atoms with E-state index < -0.39 is 12.0 Å². The first-order valence-corrected chi connectivity index (χ1v) is 11.1. The van der Waals surface area contributed by atoms with E-state index in [-0.39, 0.29) is 5.97 Å². The molecule has 1 aliphatic heterocycles. The number of hydrogen-bond acceptors (Lipinski definition) is 6. The zero-order chi connectivity index (χ0) is 22.3. The Bertz CT molecular complexity index is 1190. The lowest BCUT2D eigenvalue weighted by atomic mass is 9.94. The van der Waals surface area contributed by atoms with Crippen LogP contribution in [0.25, 0.3) is 5.00 Å². The number of rotatable bonds is 5. The average molecular weight is 455 g/mol. The summed E-state index contributed by atoms with van der Waals surface area (Å²) >= 11 is 7.82. The minimum Gasteiger partial charge on any atom is -0.469 e. The largest absolute Gasteiger partial charge is 0.469 e. The van der Waals surface area contributed by atoms with Gasteiger partial charge in [0.25, 0.3) is 0 Å². The summed E-state index contributed by atoms with van der Waals surface area (Å²) in [6.07, 6.45) is 2.12. The molecular formula is C23H23ClN4O2S. The van der Waals surface area contributed by atoms with Gasteiger partial charge in [-0.15, -0.1) is 28.1 Å². The van der Waals surface area contributed by atoms with E-state index in [2.05, 4.69) is 30.6 Å². The van der Waals surface area contributed by atoms with E-state index >= 15 is 0 Å². The summed E-state index contributed by atoms with van der Waals surface area (Å²) in [6, 6.07) is 7.03. The number of benzene rings is 1. The summed E-state index contributed by atoms with van der Waals surface area (Å²) in [5, 5.41) is 10.4. The second-order valence-corrected chi connectivity index (χ2v) is 9.13. The van der Waals surface area contributed by atoms with Crippen LogP contribution >= 0.6 is 22.9 Å². The third kappa shape index (κ3) is 3.62. The Hall–Kier alpha value is -2.77. The van der Waals surface area contributed by atoms with Crippen LogP contribution in [-0.2, 0) is 9.53 Å².